The zero-order valence-electron chi connectivity index (χ0n) is 3.60. The molecule has 0 saturated carbocycles. The Morgan fingerprint density at radius 1 is 1.62 bits per heavy atom. The fraction of sp³-hybridized carbons (Fsp3) is 0. The molecule has 5 nitrogen and oxygen atoms in total. The SMILES string of the molecule is O=S([O-])O.O=[C-]O.[Y+3]. The van der Waals surface area contributed by atoms with Crippen LogP contribution in [0.2, 0.25) is 0 Å². The molecule has 0 spiro atoms. The van der Waals surface area contributed by atoms with E-state index in [1.807, 2.05) is 0 Å². The molecular formula is CH2O5SY+. The fourth-order valence-corrected chi connectivity index (χ4v) is 0. The van der Waals surface area contributed by atoms with Crippen LogP contribution in [0.15, 0.2) is 0 Å². The van der Waals surface area contributed by atoms with Crippen molar-refractivity contribution in [2.45, 2.75) is 0 Å². The molecule has 0 amide bonds. The Kier molecular flexibility index (Phi) is 31.0. The molecule has 8 heavy (non-hydrogen) atoms. The minimum atomic E-state index is -2.86. The van der Waals surface area contributed by atoms with Crippen LogP contribution in [0.5, 0.6) is 0 Å². The Morgan fingerprint density at radius 2 is 1.62 bits per heavy atom. The first-order valence-electron chi connectivity index (χ1n) is 0.944. The first kappa shape index (κ1) is 15.9. The van der Waals surface area contributed by atoms with Gasteiger partial charge in [-0.3, -0.25) is 0 Å². The van der Waals surface area contributed by atoms with Crippen LogP contribution in [0.3, 0.4) is 0 Å². The molecule has 0 fully saturated rings. The summed E-state index contributed by atoms with van der Waals surface area (Å²) in [5, 5.41) is 6.76. The molecular weight excluding hydrogens is 213 g/mol. The van der Waals surface area contributed by atoms with E-state index >= 15 is 0 Å². The third-order valence-electron chi connectivity index (χ3n) is 0. The Morgan fingerprint density at radius 3 is 1.62 bits per heavy atom. The van der Waals surface area contributed by atoms with Gasteiger partial charge in [-0.2, -0.15) is 0 Å². The van der Waals surface area contributed by atoms with E-state index in [9.17, 15) is 0 Å². The van der Waals surface area contributed by atoms with E-state index < -0.39 is 11.4 Å². The third kappa shape index (κ3) is 510. The zero-order chi connectivity index (χ0) is 6.28. The molecule has 0 bridgehead atoms. The minimum absolute atomic E-state index is 0. The quantitative estimate of drug-likeness (QED) is 0.396. The van der Waals surface area contributed by atoms with Crippen LogP contribution in [-0.4, -0.2) is 24.9 Å². The van der Waals surface area contributed by atoms with Gasteiger partial charge in [0.25, 0.3) is 0 Å². The molecule has 0 aromatic heterocycles. The summed E-state index contributed by atoms with van der Waals surface area (Å²) in [6.07, 6.45) is 0. The monoisotopic (exact) mass is 215 g/mol. The first-order valence-corrected chi connectivity index (χ1v) is 1.98. The Hall–Kier alpha value is 0.644. The second-order valence-corrected chi connectivity index (χ2v) is 0.743. The molecule has 0 radical (unpaired) electrons. The van der Waals surface area contributed by atoms with Crippen molar-refractivity contribution in [3.63, 3.8) is 0 Å². The first-order chi connectivity index (χ1) is 3.15. The van der Waals surface area contributed by atoms with E-state index in [2.05, 4.69) is 0 Å². The van der Waals surface area contributed by atoms with Crippen molar-refractivity contribution in [2.75, 3.05) is 0 Å². The van der Waals surface area contributed by atoms with E-state index in [1.165, 1.54) is 0 Å². The van der Waals surface area contributed by atoms with Crippen molar-refractivity contribution < 1.29 is 55.9 Å². The van der Waals surface area contributed by atoms with E-state index in [0.29, 0.717) is 6.47 Å². The van der Waals surface area contributed by atoms with Crippen LogP contribution in [0.25, 0.3) is 0 Å². The molecule has 7 heteroatoms. The van der Waals surface area contributed by atoms with Gasteiger partial charge in [0.15, 0.2) is 0 Å². The van der Waals surface area contributed by atoms with Crippen molar-refractivity contribution in [1.29, 1.82) is 0 Å². The smallest absolute Gasteiger partial charge is 0.750 e. The van der Waals surface area contributed by atoms with Gasteiger partial charge in [-0.1, -0.05) is 6.47 Å². The number of aliphatic hydroxyl groups excluding tert-OH is 1. The van der Waals surface area contributed by atoms with E-state index in [1.54, 1.807) is 0 Å². The van der Waals surface area contributed by atoms with Gasteiger partial charge in [0.2, 0.25) is 0 Å². The zero-order valence-corrected chi connectivity index (χ0v) is 7.26. The predicted octanol–water partition coefficient (Wildman–Crippen LogP) is -1.05. The van der Waals surface area contributed by atoms with E-state index in [0.717, 1.165) is 0 Å². The molecule has 0 aromatic carbocycles. The standard InChI is InChI=1S/CHO2.H2O3S.Y/c2-1-3;1-4(2)3;/h(H,2,3);(H2,1,2,3);/q-1;;+3/p-1. The largest absolute Gasteiger partial charge is 3.00 e. The molecule has 0 saturated heterocycles. The molecule has 0 heterocycles. The number of rotatable bonds is 0. The summed E-state index contributed by atoms with van der Waals surface area (Å²) in [4.78, 5) is 8.24. The maximum absolute atomic E-state index is 8.56. The van der Waals surface area contributed by atoms with Gasteiger partial charge in [-0.25, -0.2) is 4.21 Å². The average Bonchev–Trinajstić information content (AvgIpc) is 1.33. The molecule has 0 aromatic rings. The molecule has 2 N–H and O–H groups in total. The topological polar surface area (TPSA) is 97.7 Å². The van der Waals surface area contributed by atoms with Crippen LogP contribution in [0, 0.1) is 0 Å². The summed E-state index contributed by atoms with van der Waals surface area (Å²) in [7, 11) is 0. The van der Waals surface area contributed by atoms with Crippen LogP contribution < -0.4 is 0 Å². The van der Waals surface area contributed by atoms with Gasteiger partial charge in [0.05, 0.1) is 11.4 Å². The average molecular weight is 215 g/mol. The normalized spacial score (nSPS) is 9.25. The van der Waals surface area contributed by atoms with Crippen molar-refractivity contribution in [3.8, 4) is 0 Å². The predicted molar refractivity (Wildman–Crippen MR) is 19.9 cm³/mol. The van der Waals surface area contributed by atoms with Crippen LogP contribution in [0.1, 0.15) is 0 Å². The molecule has 0 aliphatic heterocycles. The van der Waals surface area contributed by atoms with Gasteiger partial charge < -0.3 is 19.0 Å². The van der Waals surface area contributed by atoms with Crippen molar-refractivity contribution in [3.05, 3.63) is 0 Å². The third-order valence-corrected chi connectivity index (χ3v) is 0. The summed E-state index contributed by atoms with van der Waals surface area (Å²) in [5.41, 5.74) is 0. The maximum Gasteiger partial charge on any atom is 3.00 e. The molecule has 0 aliphatic carbocycles. The second-order valence-electron chi connectivity index (χ2n) is 0.308. The number of hydrogen-bond acceptors (Lipinski definition) is 3. The summed E-state index contributed by atoms with van der Waals surface area (Å²) in [5.74, 6) is 0. The summed E-state index contributed by atoms with van der Waals surface area (Å²) in [6, 6.07) is 0. The maximum atomic E-state index is 8.56. The van der Waals surface area contributed by atoms with Gasteiger partial charge in [-0.15, -0.1) is 0 Å². The minimum Gasteiger partial charge on any atom is -0.750 e. The summed E-state index contributed by atoms with van der Waals surface area (Å²) >= 11 is -2.86. The van der Waals surface area contributed by atoms with Gasteiger partial charge in [-0.05, 0) is 0 Å². The Labute approximate surface area is 73.5 Å². The molecule has 44 valence electrons. The Balaban J connectivity index is -0.0000000575. The van der Waals surface area contributed by atoms with Crippen molar-refractivity contribution in [2.24, 2.45) is 0 Å². The van der Waals surface area contributed by atoms with Gasteiger partial charge in [0, 0.05) is 0 Å². The van der Waals surface area contributed by atoms with E-state index in [-0.39, 0.29) is 32.7 Å². The summed E-state index contributed by atoms with van der Waals surface area (Å²) < 4.78 is 24.1. The molecule has 1 unspecified atom stereocenters. The van der Waals surface area contributed by atoms with Crippen molar-refractivity contribution >= 4 is 17.8 Å². The Bertz CT molecular complexity index is 59.4. The van der Waals surface area contributed by atoms with Crippen molar-refractivity contribution in [1.82, 2.24) is 0 Å². The molecule has 0 rings (SSSR count). The second kappa shape index (κ2) is 15.6. The number of hydrogen-bond donors (Lipinski definition) is 2. The fourth-order valence-electron chi connectivity index (χ4n) is 0. The van der Waals surface area contributed by atoms with Gasteiger partial charge >= 0.3 is 32.7 Å². The van der Waals surface area contributed by atoms with Crippen LogP contribution >= 0.6 is 0 Å². The van der Waals surface area contributed by atoms with E-state index in [4.69, 9.17) is 23.2 Å². The summed E-state index contributed by atoms with van der Waals surface area (Å²) in [6.45, 7) is 0.500. The van der Waals surface area contributed by atoms with Gasteiger partial charge in [0.1, 0.15) is 0 Å². The molecule has 1 atom stereocenters. The van der Waals surface area contributed by atoms with Crippen LogP contribution in [0.4, 0.5) is 0 Å². The molecule has 0 aliphatic rings. The van der Waals surface area contributed by atoms with Crippen LogP contribution in [-0.2, 0) is 48.9 Å².